The Bertz CT molecular complexity index is 972. The maximum absolute atomic E-state index is 12.9. The minimum absolute atomic E-state index is 0.223. The van der Waals surface area contributed by atoms with Crippen molar-refractivity contribution in [2.75, 3.05) is 11.9 Å². The average molecular weight is 367 g/mol. The number of thiophene rings is 1. The SMILES string of the molecule is CCCC1=C(C(=O)OCC)[C@@H](c2cccs2)n2c(nc3ccccc32)N1. The van der Waals surface area contributed by atoms with Crippen LogP contribution in [0.2, 0.25) is 0 Å². The highest BCUT2D eigenvalue weighted by atomic mass is 32.1. The van der Waals surface area contributed by atoms with Crippen LogP contribution in [0.5, 0.6) is 0 Å². The summed E-state index contributed by atoms with van der Waals surface area (Å²) in [6.45, 7) is 4.30. The van der Waals surface area contributed by atoms with Crippen LogP contribution in [0, 0.1) is 0 Å². The van der Waals surface area contributed by atoms with E-state index in [9.17, 15) is 4.79 Å². The molecule has 0 bridgehead atoms. The number of imidazole rings is 1. The molecule has 2 aromatic heterocycles. The third kappa shape index (κ3) is 2.70. The van der Waals surface area contributed by atoms with Gasteiger partial charge >= 0.3 is 5.97 Å². The minimum Gasteiger partial charge on any atom is -0.463 e. The molecule has 0 saturated carbocycles. The van der Waals surface area contributed by atoms with Crippen LogP contribution in [-0.2, 0) is 9.53 Å². The van der Waals surface area contributed by atoms with E-state index in [0.29, 0.717) is 12.2 Å². The van der Waals surface area contributed by atoms with Crippen LogP contribution in [0.4, 0.5) is 5.95 Å². The van der Waals surface area contributed by atoms with Crippen LogP contribution in [-0.4, -0.2) is 22.1 Å². The molecule has 1 aliphatic rings. The van der Waals surface area contributed by atoms with Crippen molar-refractivity contribution >= 4 is 34.3 Å². The Morgan fingerprint density at radius 3 is 2.85 bits per heavy atom. The van der Waals surface area contributed by atoms with Gasteiger partial charge in [-0.05, 0) is 36.9 Å². The van der Waals surface area contributed by atoms with Gasteiger partial charge in [0.1, 0.15) is 6.04 Å². The zero-order valence-corrected chi connectivity index (χ0v) is 15.7. The molecule has 3 heterocycles. The van der Waals surface area contributed by atoms with Crippen molar-refractivity contribution < 1.29 is 9.53 Å². The van der Waals surface area contributed by atoms with Crippen LogP contribution in [0.1, 0.15) is 37.6 Å². The highest BCUT2D eigenvalue weighted by Crippen LogP contribution is 2.41. The van der Waals surface area contributed by atoms with Gasteiger partial charge in [-0.1, -0.05) is 31.5 Å². The molecule has 0 radical (unpaired) electrons. The number of ether oxygens (including phenoxy) is 1. The zero-order valence-electron chi connectivity index (χ0n) is 14.9. The molecule has 0 amide bonds. The largest absolute Gasteiger partial charge is 0.463 e. The van der Waals surface area contributed by atoms with Crippen LogP contribution >= 0.6 is 11.3 Å². The van der Waals surface area contributed by atoms with Gasteiger partial charge in [-0.25, -0.2) is 9.78 Å². The van der Waals surface area contributed by atoms with Gasteiger partial charge in [0.05, 0.1) is 23.2 Å². The predicted molar refractivity (Wildman–Crippen MR) is 104 cm³/mol. The summed E-state index contributed by atoms with van der Waals surface area (Å²) in [6.07, 6.45) is 1.71. The van der Waals surface area contributed by atoms with E-state index in [2.05, 4.69) is 22.9 Å². The molecule has 0 unspecified atom stereocenters. The van der Waals surface area contributed by atoms with Crippen LogP contribution < -0.4 is 5.32 Å². The maximum Gasteiger partial charge on any atom is 0.338 e. The summed E-state index contributed by atoms with van der Waals surface area (Å²) >= 11 is 1.65. The molecule has 0 saturated heterocycles. The van der Waals surface area contributed by atoms with Crippen molar-refractivity contribution in [2.45, 2.75) is 32.7 Å². The molecular weight excluding hydrogens is 346 g/mol. The number of aromatic nitrogens is 2. The topological polar surface area (TPSA) is 56.2 Å². The van der Waals surface area contributed by atoms with Crippen molar-refractivity contribution in [3.63, 3.8) is 0 Å². The molecule has 1 aliphatic heterocycles. The minimum atomic E-state index is -0.259. The summed E-state index contributed by atoms with van der Waals surface area (Å²) in [6, 6.07) is 11.9. The Labute approximate surface area is 156 Å². The summed E-state index contributed by atoms with van der Waals surface area (Å²) in [4.78, 5) is 18.8. The quantitative estimate of drug-likeness (QED) is 0.662. The lowest BCUT2D eigenvalue weighted by molar-refractivity contribution is -0.139. The smallest absolute Gasteiger partial charge is 0.338 e. The Kier molecular flexibility index (Phi) is 4.51. The number of esters is 1. The molecule has 1 aromatic carbocycles. The Balaban J connectivity index is 1.97. The lowest BCUT2D eigenvalue weighted by atomic mass is 9.98. The van der Waals surface area contributed by atoms with Crippen LogP contribution in [0.25, 0.3) is 11.0 Å². The number of hydrogen-bond donors (Lipinski definition) is 1. The number of nitrogens with zero attached hydrogens (tertiary/aromatic N) is 2. The monoisotopic (exact) mass is 367 g/mol. The normalized spacial score (nSPS) is 16.5. The molecule has 6 heteroatoms. The van der Waals surface area contributed by atoms with E-state index in [4.69, 9.17) is 9.72 Å². The standard InChI is InChI=1S/C20H21N3O2S/c1-3-8-14-17(19(24)25-4-2)18(16-11-7-12-26-16)23-15-10-6-5-9-13(15)21-20(23)22-14/h5-7,9-12,18H,3-4,8H2,1-2H3,(H,21,22)/t18-/m1/s1. The summed E-state index contributed by atoms with van der Waals surface area (Å²) < 4.78 is 7.54. The lowest BCUT2D eigenvalue weighted by Crippen LogP contribution is -2.29. The van der Waals surface area contributed by atoms with Crippen molar-refractivity contribution in [2.24, 2.45) is 0 Å². The van der Waals surface area contributed by atoms with Gasteiger partial charge in [0.2, 0.25) is 5.95 Å². The Morgan fingerprint density at radius 1 is 1.27 bits per heavy atom. The molecular formula is C20H21N3O2S. The maximum atomic E-state index is 12.9. The number of hydrogen-bond acceptors (Lipinski definition) is 5. The highest BCUT2D eigenvalue weighted by molar-refractivity contribution is 7.10. The van der Waals surface area contributed by atoms with Gasteiger partial charge in [-0.15, -0.1) is 11.3 Å². The van der Waals surface area contributed by atoms with Gasteiger partial charge in [0.15, 0.2) is 0 Å². The molecule has 1 N–H and O–H groups in total. The average Bonchev–Trinajstić information content (AvgIpc) is 3.28. The summed E-state index contributed by atoms with van der Waals surface area (Å²) in [7, 11) is 0. The highest BCUT2D eigenvalue weighted by Gasteiger charge is 2.36. The van der Waals surface area contributed by atoms with E-state index in [1.54, 1.807) is 11.3 Å². The molecule has 5 nitrogen and oxygen atoms in total. The number of nitrogens with one attached hydrogen (secondary N) is 1. The third-order valence-electron chi connectivity index (χ3n) is 4.52. The number of carbonyl (C=O) groups excluding carboxylic acids is 1. The third-order valence-corrected chi connectivity index (χ3v) is 5.45. The first-order valence-electron chi connectivity index (χ1n) is 8.92. The van der Waals surface area contributed by atoms with Crippen molar-refractivity contribution in [3.05, 3.63) is 57.9 Å². The summed E-state index contributed by atoms with van der Waals surface area (Å²) in [5, 5.41) is 5.44. The number of fused-ring (bicyclic) bond motifs is 3. The molecule has 3 aromatic rings. The fourth-order valence-electron chi connectivity index (χ4n) is 3.50. The molecule has 0 spiro atoms. The second-order valence-electron chi connectivity index (χ2n) is 6.20. The number of rotatable bonds is 5. The predicted octanol–water partition coefficient (Wildman–Crippen LogP) is 4.73. The fourth-order valence-corrected chi connectivity index (χ4v) is 4.32. The van der Waals surface area contributed by atoms with Crippen molar-refractivity contribution in [1.29, 1.82) is 0 Å². The van der Waals surface area contributed by atoms with E-state index in [1.807, 2.05) is 42.6 Å². The number of anilines is 1. The molecule has 0 fully saturated rings. The van der Waals surface area contributed by atoms with Gasteiger partial charge < -0.3 is 10.1 Å². The lowest BCUT2D eigenvalue weighted by Gasteiger charge is -2.30. The van der Waals surface area contributed by atoms with Crippen molar-refractivity contribution in [3.8, 4) is 0 Å². The first-order chi connectivity index (χ1) is 12.7. The number of allylic oxidation sites excluding steroid dienone is 1. The first kappa shape index (κ1) is 16.8. The molecule has 26 heavy (non-hydrogen) atoms. The van der Waals surface area contributed by atoms with Gasteiger partial charge in [-0.3, -0.25) is 4.57 Å². The van der Waals surface area contributed by atoms with E-state index in [1.165, 1.54) is 0 Å². The summed E-state index contributed by atoms with van der Waals surface area (Å²) in [5.74, 6) is 0.520. The second-order valence-corrected chi connectivity index (χ2v) is 7.18. The van der Waals surface area contributed by atoms with Gasteiger partial charge in [-0.2, -0.15) is 0 Å². The molecule has 134 valence electrons. The number of benzene rings is 1. The molecule has 0 aliphatic carbocycles. The van der Waals surface area contributed by atoms with Crippen LogP contribution in [0.15, 0.2) is 53.0 Å². The van der Waals surface area contributed by atoms with Gasteiger partial charge in [0, 0.05) is 10.6 Å². The second kappa shape index (κ2) is 6.96. The van der Waals surface area contributed by atoms with E-state index >= 15 is 0 Å². The summed E-state index contributed by atoms with van der Waals surface area (Å²) in [5.41, 5.74) is 3.52. The van der Waals surface area contributed by atoms with Crippen LogP contribution in [0.3, 0.4) is 0 Å². The molecule has 1 atom stereocenters. The number of carbonyl (C=O) groups is 1. The first-order valence-corrected chi connectivity index (χ1v) is 9.80. The Morgan fingerprint density at radius 2 is 2.12 bits per heavy atom. The van der Waals surface area contributed by atoms with E-state index in [-0.39, 0.29) is 12.0 Å². The fraction of sp³-hybridized carbons (Fsp3) is 0.300. The van der Waals surface area contributed by atoms with E-state index < -0.39 is 0 Å². The molecule has 4 rings (SSSR count). The zero-order chi connectivity index (χ0) is 18.1. The Hall–Kier alpha value is -2.60. The number of para-hydroxylation sites is 2. The van der Waals surface area contributed by atoms with Crippen molar-refractivity contribution in [1.82, 2.24) is 9.55 Å². The van der Waals surface area contributed by atoms with E-state index in [0.717, 1.165) is 40.4 Å². The van der Waals surface area contributed by atoms with Gasteiger partial charge in [0.25, 0.3) is 0 Å².